The molecular formula is C14H11BrN2O3. The van der Waals surface area contributed by atoms with Crippen LogP contribution >= 0.6 is 15.9 Å². The maximum Gasteiger partial charge on any atom is 0.271 e. The molecule has 0 unspecified atom stereocenters. The van der Waals surface area contributed by atoms with Crippen LogP contribution in [0.25, 0.3) is 0 Å². The molecular weight excluding hydrogens is 324 g/mol. The van der Waals surface area contributed by atoms with E-state index < -0.39 is 4.92 Å². The lowest BCUT2D eigenvalue weighted by Gasteiger charge is -2.08. The molecule has 0 bridgehead atoms. The van der Waals surface area contributed by atoms with E-state index in [0.29, 0.717) is 11.3 Å². The number of hydrogen-bond acceptors (Lipinski definition) is 3. The summed E-state index contributed by atoms with van der Waals surface area (Å²) in [4.78, 5) is 22.4. The van der Waals surface area contributed by atoms with Gasteiger partial charge in [0.15, 0.2) is 0 Å². The number of anilines is 1. The van der Waals surface area contributed by atoms with Crippen molar-refractivity contribution in [2.24, 2.45) is 0 Å². The smallest absolute Gasteiger partial charge is 0.271 e. The molecule has 5 nitrogen and oxygen atoms in total. The SMILES string of the molecule is Cc1ccc(Br)cc1C(=O)Nc1cccc([N+](=O)[O-])c1. The van der Waals surface area contributed by atoms with E-state index in [4.69, 9.17) is 0 Å². The van der Waals surface area contributed by atoms with E-state index in [1.54, 1.807) is 12.1 Å². The zero-order valence-corrected chi connectivity index (χ0v) is 12.2. The van der Waals surface area contributed by atoms with Gasteiger partial charge in [-0.2, -0.15) is 0 Å². The lowest BCUT2D eigenvalue weighted by Crippen LogP contribution is -2.13. The minimum Gasteiger partial charge on any atom is -0.322 e. The Morgan fingerprint density at radius 1 is 1.25 bits per heavy atom. The predicted octanol–water partition coefficient (Wildman–Crippen LogP) is 3.92. The number of nitrogens with one attached hydrogen (secondary N) is 1. The maximum atomic E-state index is 12.2. The molecule has 2 rings (SSSR count). The number of carbonyl (C=O) groups excluding carboxylic acids is 1. The molecule has 0 heterocycles. The van der Waals surface area contributed by atoms with Crippen molar-refractivity contribution < 1.29 is 9.72 Å². The Kier molecular flexibility index (Phi) is 4.14. The normalized spacial score (nSPS) is 10.1. The number of halogens is 1. The Bertz CT molecular complexity index is 686. The van der Waals surface area contributed by atoms with E-state index in [1.807, 2.05) is 19.1 Å². The minimum atomic E-state index is -0.500. The van der Waals surface area contributed by atoms with Gasteiger partial charge in [-0.1, -0.05) is 28.1 Å². The van der Waals surface area contributed by atoms with E-state index in [9.17, 15) is 14.9 Å². The van der Waals surface area contributed by atoms with E-state index in [1.165, 1.54) is 18.2 Å². The molecule has 6 heteroatoms. The number of hydrogen-bond donors (Lipinski definition) is 1. The van der Waals surface area contributed by atoms with E-state index in [-0.39, 0.29) is 11.6 Å². The van der Waals surface area contributed by atoms with Crippen molar-refractivity contribution in [3.63, 3.8) is 0 Å². The largest absolute Gasteiger partial charge is 0.322 e. The summed E-state index contributed by atoms with van der Waals surface area (Å²) in [6, 6.07) is 11.2. The van der Waals surface area contributed by atoms with E-state index >= 15 is 0 Å². The van der Waals surface area contributed by atoms with Gasteiger partial charge in [-0.3, -0.25) is 14.9 Å². The number of aryl methyl sites for hydroxylation is 1. The third-order valence-electron chi connectivity index (χ3n) is 2.76. The van der Waals surface area contributed by atoms with Gasteiger partial charge in [0.2, 0.25) is 0 Å². The van der Waals surface area contributed by atoms with Gasteiger partial charge in [0.1, 0.15) is 0 Å². The molecule has 20 heavy (non-hydrogen) atoms. The first-order valence-electron chi connectivity index (χ1n) is 5.79. The van der Waals surface area contributed by atoms with Gasteiger partial charge < -0.3 is 5.32 Å². The summed E-state index contributed by atoms with van der Waals surface area (Å²) in [6.45, 7) is 1.83. The fourth-order valence-electron chi connectivity index (χ4n) is 1.73. The first-order chi connectivity index (χ1) is 9.47. The van der Waals surface area contributed by atoms with Gasteiger partial charge in [-0.25, -0.2) is 0 Å². The van der Waals surface area contributed by atoms with Crippen LogP contribution in [0.15, 0.2) is 46.9 Å². The number of nitro benzene ring substituents is 1. The molecule has 0 aliphatic heterocycles. The van der Waals surface area contributed by atoms with Crippen LogP contribution in [0.4, 0.5) is 11.4 Å². The Balaban J connectivity index is 2.25. The molecule has 0 aliphatic carbocycles. The highest BCUT2D eigenvalue weighted by Gasteiger charge is 2.12. The highest BCUT2D eigenvalue weighted by atomic mass is 79.9. The molecule has 2 aromatic carbocycles. The van der Waals surface area contributed by atoms with E-state index in [0.717, 1.165) is 10.0 Å². The van der Waals surface area contributed by atoms with Gasteiger partial charge in [0.05, 0.1) is 4.92 Å². The summed E-state index contributed by atoms with van der Waals surface area (Å²) < 4.78 is 0.798. The highest BCUT2D eigenvalue weighted by molar-refractivity contribution is 9.10. The topological polar surface area (TPSA) is 72.2 Å². The number of nitro groups is 1. The third-order valence-corrected chi connectivity index (χ3v) is 3.25. The number of rotatable bonds is 3. The average molecular weight is 335 g/mol. The molecule has 1 N–H and O–H groups in total. The molecule has 0 aliphatic rings. The zero-order valence-electron chi connectivity index (χ0n) is 10.6. The molecule has 0 fully saturated rings. The summed E-state index contributed by atoms with van der Waals surface area (Å²) in [5, 5.41) is 13.4. The molecule has 1 amide bonds. The monoisotopic (exact) mass is 334 g/mol. The van der Waals surface area contributed by atoms with Crippen LogP contribution < -0.4 is 5.32 Å². The fourth-order valence-corrected chi connectivity index (χ4v) is 2.10. The van der Waals surface area contributed by atoms with Crippen LogP contribution in [0.1, 0.15) is 15.9 Å². The molecule has 0 saturated carbocycles. The van der Waals surface area contributed by atoms with Crippen molar-refractivity contribution in [1.82, 2.24) is 0 Å². The van der Waals surface area contributed by atoms with Crippen molar-refractivity contribution in [3.8, 4) is 0 Å². The van der Waals surface area contributed by atoms with Crippen molar-refractivity contribution in [2.75, 3.05) is 5.32 Å². The van der Waals surface area contributed by atoms with Gasteiger partial charge in [-0.15, -0.1) is 0 Å². The molecule has 102 valence electrons. The Labute approximate surface area is 123 Å². The predicted molar refractivity (Wildman–Crippen MR) is 79.9 cm³/mol. The number of nitrogens with zero attached hydrogens (tertiary/aromatic N) is 1. The number of amides is 1. The van der Waals surface area contributed by atoms with Crippen LogP contribution in [0.5, 0.6) is 0 Å². The minimum absolute atomic E-state index is 0.0613. The van der Waals surface area contributed by atoms with E-state index in [2.05, 4.69) is 21.2 Å². The van der Waals surface area contributed by atoms with Crippen molar-refractivity contribution in [3.05, 3.63) is 68.2 Å². The lowest BCUT2D eigenvalue weighted by molar-refractivity contribution is -0.384. The first-order valence-corrected chi connectivity index (χ1v) is 6.58. The van der Waals surface area contributed by atoms with Gasteiger partial charge in [0, 0.05) is 27.9 Å². The Hall–Kier alpha value is -2.21. The zero-order chi connectivity index (χ0) is 14.7. The molecule has 0 atom stereocenters. The summed E-state index contributed by atoms with van der Waals surface area (Å²) >= 11 is 3.31. The Morgan fingerprint density at radius 3 is 2.70 bits per heavy atom. The molecule has 2 aromatic rings. The highest BCUT2D eigenvalue weighted by Crippen LogP contribution is 2.20. The van der Waals surface area contributed by atoms with Gasteiger partial charge in [-0.05, 0) is 30.7 Å². The summed E-state index contributed by atoms with van der Waals surface area (Å²) in [7, 11) is 0. The Morgan fingerprint density at radius 2 is 2.00 bits per heavy atom. The quantitative estimate of drug-likeness (QED) is 0.683. The van der Waals surface area contributed by atoms with Crippen LogP contribution in [-0.4, -0.2) is 10.8 Å². The van der Waals surface area contributed by atoms with Gasteiger partial charge >= 0.3 is 0 Å². The second kappa shape index (κ2) is 5.83. The van der Waals surface area contributed by atoms with Crippen LogP contribution in [0, 0.1) is 17.0 Å². The van der Waals surface area contributed by atoms with Gasteiger partial charge in [0.25, 0.3) is 11.6 Å². The number of benzene rings is 2. The van der Waals surface area contributed by atoms with Crippen LogP contribution in [0.2, 0.25) is 0 Å². The average Bonchev–Trinajstić information content (AvgIpc) is 2.41. The molecule has 0 spiro atoms. The maximum absolute atomic E-state index is 12.2. The second-order valence-corrected chi connectivity index (χ2v) is 5.14. The standard InChI is InChI=1S/C14H11BrN2O3/c1-9-5-6-10(15)7-13(9)14(18)16-11-3-2-4-12(8-11)17(19)20/h2-8H,1H3,(H,16,18). The van der Waals surface area contributed by atoms with Crippen molar-refractivity contribution >= 4 is 33.2 Å². The summed E-state index contributed by atoms with van der Waals surface area (Å²) in [6.07, 6.45) is 0. The fraction of sp³-hybridized carbons (Fsp3) is 0.0714. The van der Waals surface area contributed by atoms with Crippen LogP contribution in [-0.2, 0) is 0 Å². The molecule has 0 aromatic heterocycles. The third kappa shape index (κ3) is 3.21. The second-order valence-electron chi connectivity index (χ2n) is 4.22. The molecule has 0 radical (unpaired) electrons. The summed E-state index contributed by atoms with van der Waals surface area (Å²) in [5.41, 5.74) is 1.68. The van der Waals surface area contributed by atoms with Crippen molar-refractivity contribution in [1.29, 1.82) is 0 Å². The number of carbonyl (C=O) groups is 1. The summed E-state index contributed by atoms with van der Waals surface area (Å²) in [5.74, 6) is -0.302. The molecule has 0 saturated heterocycles. The number of non-ortho nitro benzene ring substituents is 1. The van der Waals surface area contributed by atoms with Crippen LogP contribution in [0.3, 0.4) is 0 Å². The lowest BCUT2D eigenvalue weighted by atomic mass is 10.1. The first kappa shape index (κ1) is 14.2. The van der Waals surface area contributed by atoms with Crippen molar-refractivity contribution in [2.45, 2.75) is 6.92 Å².